The van der Waals surface area contributed by atoms with E-state index in [-0.39, 0.29) is 37.9 Å². The number of benzene rings is 2. The number of hydrogen-bond acceptors (Lipinski definition) is 5. The van der Waals surface area contributed by atoms with E-state index in [1.807, 2.05) is 52.8 Å². The Bertz CT molecular complexity index is 1240. The van der Waals surface area contributed by atoms with Gasteiger partial charge in [0.15, 0.2) is 11.5 Å². The van der Waals surface area contributed by atoms with E-state index in [2.05, 4.69) is 10.3 Å². The maximum Gasteiger partial charge on any atom is 0.259 e. The normalized spacial score (nSPS) is 14.3. The summed E-state index contributed by atoms with van der Waals surface area (Å²) in [5.41, 5.74) is 3.64. The van der Waals surface area contributed by atoms with E-state index >= 15 is 0 Å². The van der Waals surface area contributed by atoms with Gasteiger partial charge in [-0.3, -0.25) is 4.79 Å². The molecule has 0 atom stereocenters. The van der Waals surface area contributed by atoms with Crippen molar-refractivity contribution in [2.45, 2.75) is 66.7 Å². The van der Waals surface area contributed by atoms with Crippen molar-refractivity contribution in [3.8, 4) is 22.6 Å². The van der Waals surface area contributed by atoms with Crippen molar-refractivity contribution in [3.05, 3.63) is 65.4 Å². The Hall–Kier alpha value is -3.68. The molecule has 3 N–H and O–H groups in total. The van der Waals surface area contributed by atoms with Crippen LogP contribution in [0.5, 0.6) is 11.5 Å². The topological polar surface area (TPSA) is 85.7 Å². The number of carbonyl (C=O) groups excluding carboxylic acids is 1. The Balaban J connectivity index is 0.00000145. The molecule has 1 aliphatic rings. The molecule has 2 aromatic carbocycles. The highest BCUT2D eigenvalue weighted by molar-refractivity contribution is 6.09. The van der Waals surface area contributed by atoms with Crippen LogP contribution in [0.3, 0.4) is 0 Å². The average molecular weight is 530 g/mol. The number of rotatable bonds is 4. The van der Waals surface area contributed by atoms with Crippen molar-refractivity contribution < 1.29 is 25.2 Å². The van der Waals surface area contributed by atoms with Crippen LogP contribution in [0.2, 0.25) is 0 Å². The number of carbonyl (C=O) groups is 1. The van der Waals surface area contributed by atoms with E-state index < -0.39 is 11.8 Å². The highest BCUT2D eigenvalue weighted by Crippen LogP contribution is 2.37. The minimum absolute atomic E-state index is 0. The zero-order chi connectivity index (χ0) is 28.5. The number of anilines is 2. The van der Waals surface area contributed by atoms with E-state index in [1.165, 1.54) is 12.1 Å². The third kappa shape index (κ3) is 7.43. The molecule has 3 aromatic rings. The molecule has 0 radical (unpaired) electrons. The predicted octanol–water partition coefficient (Wildman–Crippen LogP) is 7.95. The largest absolute Gasteiger partial charge is 0.504 e. The van der Waals surface area contributed by atoms with Crippen LogP contribution in [-0.2, 0) is 0 Å². The number of aromatic hydroxyl groups is 2. The Morgan fingerprint density at radius 1 is 1.00 bits per heavy atom. The standard InChI is InChI=1S/C26H27F2N3O3.2C2H6.H2/c1-16-5-3-6-19(13-16)30-25(34)23-17(2)20(18-7-8-21(32)22(33)14-18)15-29-24(23)31-11-4-9-26(27,28)10-12-31;2*1-2;/h3,5-8,13-15,32-33H,4,9-12H2,1-2H3,(H,30,34);2*1-2H3;1H. The van der Waals surface area contributed by atoms with Gasteiger partial charge in [0.25, 0.3) is 5.91 Å². The first kappa shape index (κ1) is 30.5. The van der Waals surface area contributed by atoms with Gasteiger partial charge < -0.3 is 20.4 Å². The van der Waals surface area contributed by atoms with E-state index in [0.29, 0.717) is 41.2 Å². The summed E-state index contributed by atoms with van der Waals surface area (Å²) in [6.45, 7) is 12.1. The molecular weight excluding hydrogens is 488 g/mol. The van der Waals surface area contributed by atoms with Gasteiger partial charge in [0.05, 0.1) is 5.56 Å². The summed E-state index contributed by atoms with van der Waals surface area (Å²) in [4.78, 5) is 19.8. The fourth-order valence-electron chi connectivity index (χ4n) is 4.28. The van der Waals surface area contributed by atoms with Gasteiger partial charge in [0.2, 0.25) is 5.92 Å². The number of nitrogens with zero attached hydrogens (tertiary/aromatic N) is 2. The summed E-state index contributed by atoms with van der Waals surface area (Å²) in [5.74, 6) is -3.33. The Labute approximate surface area is 225 Å². The second-order valence-corrected chi connectivity index (χ2v) is 8.72. The number of aromatic nitrogens is 1. The Morgan fingerprint density at radius 2 is 1.71 bits per heavy atom. The van der Waals surface area contributed by atoms with Gasteiger partial charge in [0, 0.05) is 44.8 Å². The number of hydrogen-bond donors (Lipinski definition) is 3. The van der Waals surface area contributed by atoms with E-state index in [4.69, 9.17) is 0 Å². The van der Waals surface area contributed by atoms with Crippen LogP contribution in [0.1, 0.15) is 69.9 Å². The van der Waals surface area contributed by atoms with Gasteiger partial charge in [-0.2, -0.15) is 0 Å². The van der Waals surface area contributed by atoms with Gasteiger partial charge in [-0.05, 0) is 61.2 Å². The highest BCUT2D eigenvalue weighted by atomic mass is 19.3. The van der Waals surface area contributed by atoms with Crippen LogP contribution in [0.15, 0.2) is 48.7 Å². The number of amides is 1. The summed E-state index contributed by atoms with van der Waals surface area (Å²) < 4.78 is 28.0. The zero-order valence-electron chi connectivity index (χ0n) is 23.1. The van der Waals surface area contributed by atoms with Gasteiger partial charge >= 0.3 is 0 Å². The molecule has 6 nitrogen and oxygen atoms in total. The van der Waals surface area contributed by atoms with Gasteiger partial charge in [-0.15, -0.1) is 0 Å². The first-order valence-electron chi connectivity index (χ1n) is 13.2. The monoisotopic (exact) mass is 529 g/mol. The molecule has 0 spiro atoms. The lowest BCUT2D eigenvalue weighted by atomic mass is 9.97. The van der Waals surface area contributed by atoms with Gasteiger partial charge in [-0.25, -0.2) is 13.8 Å². The molecule has 0 aliphatic carbocycles. The van der Waals surface area contributed by atoms with Crippen molar-refractivity contribution in [2.24, 2.45) is 0 Å². The molecule has 208 valence electrons. The third-order valence-electron chi connectivity index (χ3n) is 6.13. The first-order valence-corrected chi connectivity index (χ1v) is 13.2. The highest BCUT2D eigenvalue weighted by Gasteiger charge is 2.33. The second-order valence-electron chi connectivity index (χ2n) is 8.72. The van der Waals surface area contributed by atoms with E-state index in [0.717, 1.165) is 5.56 Å². The Kier molecular flexibility index (Phi) is 11.0. The molecule has 1 aromatic heterocycles. The van der Waals surface area contributed by atoms with Crippen molar-refractivity contribution in [2.75, 3.05) is 23.3 Å². The molecule has 0 unspecified atom stereocenters. The van der Waals surface area contributed by atoms with Gasteiger partial charge in [-0.1, -0.05) is 45.9 Å². The summed E-state index contributed by atoms with van der Waals surface area (Å²) in [7, 11) is 0. The first-order chi connectivity index (χ1) is 18.1. The van der Waals surface area contributed by atoms with Crippen molar-refractivity contribution in [1.29, 1.82) is 0 Å². The summed E-state index contributed by atoms with van der Waals surface area (Å²) in [6.07, 6.45) is 1.36. The molecule has 1 amide bonds. The smallest absolute Gasteiger partial charge is 0.259 e. The van der Waals surface area contributed by atoms with Gasteiger partial charge in [0.1, 0.15) is 5.82 Å². The third-order valence-corrected chi connectivity index (χ3v) is 6.13. The molecular formula is C30H41F2N3O3. The fourth-order valence-corrected chi connectivity index (χ4v) is 4.28. The fraction of sp³-hybridized carbons (Fsp3) is 0.400. The molecule has 4 rings (SSSR count). The number of alkyl halides is 2. The lowest BCUT2D eigenvalue weighted by Crippen LogP contribution is -2.30. The van der Waals surface area contributed by atoms with Crippen LogP contribution in [0.25, 0.3) is 11.1 Å². The maximum atomic E-state index is 14.0. The van der Waals surface area contributed by atoms with Crippen LogP contribution in [-0.4, -0.2) is 40.1 Å². The zero-order valence-corrected chi connectivity index (χ0v) is 23.1. The number of halogens is 2. The molecule has 2 heterocycles. The number of phenolic OH excluding ortho intramolecular Hbond substituents is 2. The molecule has 0 saturated carbocycles. The number of nitrogens with one attached hydrogen (secondary N) is 1. The quantitative estimate of drug-likeness (QED) is 0.299. The molecule has 0 bridgehead atoms. The summed E-state index contributed by atoms with van der Waals surface area (Å²) in [6, 6.07) is 11.8. The molecule has 8 heteroatoms. The molecule has 38 heavy (non-hydrogen) atoms. The lowest BCUT2D eigenvalue weighted by Gasteiger charge is -2.26. The van der Waals surface area contributed by atoms with Crippen molar-refractivity contribution in [3.63, 3.8) is 0 Å². The van der Waals surface area contributed by atoms with E-state index in [1.54, 1.807) is 30.2 Å². The van der Waals surface area contributed by atoms with Crippen molar-refractivity contribution in [1.82, 2.24) is 4.98 Å². The molecule has 1 fully saturated rings. The van der Waals surface area contributed by atoms with Crippen LogP contribution in [0.4, 0.5) is 20.3 Å². The predicted molar refractivity (Wildman–Crippen MR) is 153 cm³/mol. The van der Waals surface area contributed by atoms with Crippen molar-refractivity contribution >= 4 is 17.4 Å². The maximum absolute atomic E-state index is 14.0. The van der Waals surface area contributed by atoms with Crippen LogP contribution in [0, 0.1) is 13.8 Å². The minimum Gasteiger partial charge on any atom is -0.504 e. The van der Waals surface area contributed by atoms with Crippen LogP contribution < -0.4 is 10.2 Å². The number of pyridine rings is 1. The lowest BCUT2D eigenvalue weighted by molar-refractivity contribution is -0.0102. The Morgan fingerprint density at radius 3 is 2.37 bits per heavy atom. The molecule has 1 aliphatic heterocycles. The summed E-state index contributed by atoms with van der Waals surface area (Å²) in [5, 5.41) is 22.5. The minimum atomic E-state index is -2.74. The number of phenols is 2. The second kappa shape index (κ2) is 13.7. The number of aryl methyl sites for hydroxylation is 1. The van der Waals surface area contributed by atoms with E-state index in [9.17, 15) is 23.8 Å². The molecule has 1 saturated heterocycles. The average Bonchev–Trinajstić information content (AvgIpc) is 3.08. The van der Waals surface area contributed by atoms with Crippen LogP contribution >= 0.6 is 0 Å². The SMILES string of the molecule is CC.CC.Cc1cccc(NC(=O)c2c(N3CCCC(F)(F)CC3)ncc(-c3ccc(O)c(O)c3)c2C)c1.[HH]. The summed E-state index contributed by atoms with van der Waals surface area (Å²) >= 11 is 0.